The van der Waals surface area contributed by atoms with Gasteiger partial charge in [-0.05, 0) is 112 Å². The molecular formula is C64H54Cl3N7O23. The van der Waals surface area contributed by atoms with Crippen molar-refractivity contribution in [3.63, 3.8) is 0 Å². The number of benzene rings is 7. The summed E-state index contributed by atoms with van der Waals surface area (Å²) in [4.78, 5) is 39.2. The van der Waals surface area contributed by atoms with Crippen molar-refractivity contribution in [3.05, 3.63) is 163 Å². The van der Waals surface area contributed by atoms with Crippen molar-refractivity contribution in [3.8, 4) is 80.1 Å². The number of phenols is 5. The molecule has 33 heteroatoms. The van der Waals surface area contributed by atoms with Gasteiger partial charge in [0.15, 0.2) is 59.5 Å². The van der Waals surface area contributed by atoms with Crippen LogP contribution >= 0.6 is 34.8 Å². The van der Waals surface area contributed by atoms with E-state index in [1.807, 2.05) is 0 Å². The predicted molar refractivity (Wildman–Crippen MR) is 344 cm³/mol. The zero-order valence-electron chi connectivity index (χ0n) is 49.5. The number of fused-ring (bicyclic) bond motifs is 12. The van der Waals surface area contributed by atoms with Crippen LogP contribution in [0.3, 0.4) is 0 Å². The first-order valence-corrected chi connectivity index (χ1v) is 30.0. The third-order valence-electron chi connectivity index (χ3n) is 16.1. The fourth-order valence-electron chi connectivity index (χ4n) is 11.3. The minimum absolute atomic E-state index is 0.0685. The van der Waals surface area contributed by atoms with E-state index in [0.29, 0.717) is 0 Å². The van der Waals surface area contributed by atoms with E-state index in [0.717, 1.165) is 61.7 Å². The van der Waals surface area contributed by atoms with Gasteiger partial charge >= 0.3 is 5.97 Å². The summed E-state index contributed by atoms with van der Waals surface area (Å²) in [5.41, 5.74) is 4.04. The third-order valence-corrected chi connectivity index (χ3v) is 17.0. The molecule has 18 N–H and O–H groups in total. The number of aliphatic hydroxyl groups excluding tert-OH is 10. The normalized spacial score (nSPS) is 25.6. The molecule has 0 saturated carbocycles. The topological polar surface area (TPSA) is 496 Å². The van der Waals surface area contributed by atoms with Gasteiger partial charge in [-0.2, -0.15) is 0 Å². The average Bonchev–Trinajstić information content (AvgIpc) is 0.769. The van der Waals surface area contributed by atoms with Crippen LogP contribution in [0.5, 0.6) is 69.0 Å². The van der Waals surface area contributed by atoms with Crippen LogP contribution in [0.2, 0.25) is 15.1 Å². The van der Waals surface area contributed by atoms with Gasteiger partial charge in [0.1, 0.15) is 76.7 Å². The molecule has 7 aliphatic rings. The van der Waals surface area contributed by atoms with Gasteiger partial charge in [-0.1, -0.05) is 53.0 Å². The van der Waals surface area contributed by atoms with Gasteiger partial charge in [0.05, 0.1) is 15.1 Å². The van der Waals surface area contributed by atoms with Crippen molar-refractivity contribution in [1.29, 1.82) is 0 Å². The van der Waals surface area contributed by atoms with Crippen LogP contribution in [-0.4, -0.2) is 173 Å². The maximum atomic E-state index is 13.2. The van der Waals surface area contributed by atoms with Crippen LogP contribution in [0.15, 0.2) is 139 Å². The van der Waals surface area contributed by atoms with Crippen LogP contribution < -0.4 is 24.7 Å². The molecular weight excluding hydrogens is 1340 g/mol. The van der Waals surface area contributed by atoms with Gasteiger partial charge in [-0.3, -0.25) is 0 Å². The van der Waals surface area contributed by atoms with E-state index in [1.54, 1.807) is 0 Å². The number of carboxylic acid groups (broad SMARTS) is 1. The number of ether oxygens (including phenoxy) is 6. The van der Waals surface area contributed by atoms with E-state index < -0.39 is 188 Å². The van der Waals surface area contributed by atoms with Gasteiger partial charge in [-0.15, -0.1) is 0 Å². The minimum atomic E-state index is -2.31. The van der Waals surface area contributed by atoms with Crippen molar-refractivity contribution in [2.24, 2.45) is 35.7 Å². The largest absolute Gasteiger partial charge is 0.508 e. The number of aromatic hydroxyl groups is 5. The number of nitrogens with two attached hydrogens (primary N) is 1. The average molecular weight is 1400 g/mol. The van der Waals surface area contributed by atoms with Crippen LogP contribution in [0.1, 0.15) is 75.3 Å². The van der Waals surface area contributed by atoms with E-state index in [2.05, 4.69) is 30.0 Å². The quantitative estimate of drug-likeness (QED) is 0.0782. The summed E-state index contributed by atoms with van der Waals surface area (Å²) < 4.78 is 35.6. The highest BCUT2D eigenvalue weighted by Gasteiger charge is 2.46. The molecule has 7 heterocycles. The molecule has 14 rings (SSSR count). The summed E-state index contributed by atoms with van der Waals surface area (Å²) >= 11 is 20.5. The number of nitrogens with zero attached hydrogens (tertiary/aromatic N) is 6. The first kappa shape index (κ1) is 66.6. The Labute approximate surface area is 560 Å². The molecule has 13 atom stereocenters. The second-order valence-electron chi connectivity index (χ2n) is 22.6. The van der Waals surface area contributed by atoms with Crippen LogP contribution in [-0.2, 0) is 20.7 Å². The lowest BCUT2D eigenvalue weighted by atomic mass is 9.90. The summed E-state index contributed by atoms with van der Waals surface area (Å²) in [6.45, 7) is 0. The number of phenolic OH excluding ortho intramolecular Hbond substituents is 5. The molecule has 7 aromatic rings. The monoisotopic (exact) mass is 1390 g/mol. The molecule has 0 radical (unpaired) electrons. The molecule has 1 saturated heterocycles. The highest BCUT2D eigenvalue weighted by Crippen LogP contribution is 2.50. The number of carboxylic acids is 1. The number of carbonyl (C=O) groups is 1. The Morgan fingerprint density at radius 2 is 1.09 bits per heavy atom. The van der Waals surface area contributed by atoms with Crippen molar-refractivity contribution in [1.82, 2.24) is 0 Å². The Morgan fingerprint density at radius 1 is 0.515 bits per heavy atom. The minimum Gasteiger partial charge on any atom is -0.508 e. The van der Waals surface area contributed by atoms with Crippen LogP contribution in [0.4, 0.5) is 0 Å². The van der Waals surface area contributed by atoms with E-state index in [4.69, 9.17) is 69.0 Å². The summed E-state index contributed by atoms with van der Waals surface area (Å²) in [6, 6.07) is 6.18. The summed E-state index contributed by atoms with van der Waals surface area (Å²) in [7, 11) is 1.16. The van der Waals surface area contributed by atoms with E-state index in [9.17, 15) is 86.5 Å². The lowest BCUT2D eigenvalue weighted by Gasteiger charge is -2.39. The fraction of sp³-hybridized carbons (Fsp3) is 0.234. The maximum absolute atomic E-state index is 13.2. The molecule has 7 aromatic carbocycles. The van der Waals surface area contributed by atoms with Crippen LogP contribution in [0.25, 0.3) is 11.1 Å². The summed E-state index contributed by atoms with van der Waals surface area (Å²) in [5.74, 6) is -15.0. The Bertz CT molecular complexity index is 4550. The second-order valence-corrected chi connectivity index (χ2v) is 23.8. The number of aliphatic hydroxyl groups is 10. The second kappa shape index (κ2) is 26.3. The lowest BCUT2D eigenvalue weighted by Crippen LogP contribution is -2.59. The Hall–Kier alpha value is -10.4. The number of aliphatic imine (C=N–C) groups is 6. The molecule has 1 fully saturated rings. The highest BCUT2D eigenvalue weighted by molar-refractivity contribution is 6.33. The van der Waals surface area contributed by atoms with E-state index in [1.165, 1.54) is 54.6 Å². The Kier molecular flexibility index (Phi) is 18.1. The number of rotatable bonds is 4. The molecule has 0 spiro atoms. The zero-order chi connectivity index (χ0) is 69.3. The molecule has 0 aromatic heterocycles. The highest BCUT2D eigenvalue weighted by atomic mass is 35.5. The predicted octanol–water partition coefficient (Wildman–Crippen LogP) is 8.76. The molecule has 17 bridgehead atoms. The van der Waals surface area contributed by atoms with Crippen molar-refractivity contribution in [2.45, 2.75) is 85.7 Å². The van der Waals surface area contributed by atoms with Crippen molar-refractivity contribution >= 4 is 76.2 Å². The van der Waals surface area contributed by atoms with Crippen LogP contribution in [0, 0.1) is 0 Å². The zero-order valence-corrected chi connectivity index (χ0v) is 51.8. The fourth-order valence-corrected chi connectivity index (χ4v) is 12.0. The molecule has 30 nitrogen and oxygen atoms in total. The summed E-state index contributed by atoms with van der Waals surface area (Å²) in [6.07, 6.45) is -11.3. The standard InChI is InChI=1S/C64H54Cl3N7O23/c1-92-63-54(82)53(81)55(83)64(97-63)96-39-7-3-22-15-40(39)93-29-11-24(10-27(75)18-29)45-58(86)72-47-26-16-41(94-37-5-2-21(8-32(37)65)9-35(56(84)70-45)69-57(85)44(22)68)52(80)42(17-26)95-38-6-4-23(13-33(38)66)50(78)49-61(89)73-48(62(90)91)30-19-28(76)20-36(77)43(30)31-12-25(14-34(67)51(31)79)46(60(88)74-49)71-59(47)87/h2-8,10-20,35,44-50,53-55,63-64,75-83H,9,68H2,1H3,(H,69,85)(H,70,84)(H,71,87)(H,72,86)(H,73,89)(H,74,88)(H,90,91). The number of hydrogen-bond acceptors (Lipinski definition) is 23. The van der Waals surface area contributed by atoms with E-state index >= 15 is 0 Å². The molecule has 7 aliphatic heterocycles. The smallest absolute Gasteiger partial charge is 0.333 e. The number of hydrogen-bond donors (Lipinski definition) is 17. The van der Waals surface area contributed by atoms with Gasteiger partial charge < -0.3 is 116 Å². The van der Waals surface area contributed by atoms with Gasteiger partial charge in [0.25, 0.3) is 0 Å². The van der Waals surface area contributed by atoms with Gasteiger partial charge in [-0.25, -0.2) is 34.7 Å². The van der Waals surface area contributed by atoms with Crippen molar-refractivity contribution < 1.29 is 115 Å². The van der Waals surface area contributed by atoms with Gasteiger partial charge in [0.2, 0.25) is 47.4 Å². The Morgan fingerprint density at radius 3 is 1.74 bits per heavy atom. The first-order valence-electron chi connectivity index (χ1n) is 28.8. The number of methoxy groups -OCH3 is 1. The SMILES string of the molecule is COC1OC(Oc2ccc3cc2Oc2cc(O)cc(c2)C2N=C(O)C(Cc4ccc(c(Cl)c4)Oc4cc5cc(c4O)Oc4ccc(cc4Cl)C(O)C4N=C(O)C(N=C(O)C5N=C2O)c2cc(Cl)c(O)c(c2)-c2c(O)cc(O)cc2C(C(=O)O)N=C4O)N=C(O)C3N)C(O)C(O)C1O. The number of halogens is 3. The van der Waals surface area contributed by atoms with Crippen molar-refractivity contribution in [2.75, 3.05) is 7.11 Å². The molecule has 97 heavy (non-hydrogen) atoms. The summed E-state index contributed by atoms with van der Waals surface area (Å²) in [5, 5.41) is 186. The molecule has 0 amide bonds. The van der Waals surface area contributed by atoms with Gasteiger partial charge in [0, 0.05) is 42.4 Å². The molecule has 504 valence electrons. The Balaban J connectivity index is 1.12. The maximum Gasteiger partial charge on any atom is 0.333 e. The number of aliphatic carboxylic acids is 1. The molecule has 13 unspecified atom stereocenters. The molecule has 0 aliphatic carbocycles. The first-order chi connectivity index (χ1) is 46.1. The van der Waals surface area contributed by atoms with E-state index in [-0.39, 0.29) is 73.0 Å². The third kappa shape index (κ3) is 13.0. The lowest BCUT2D eigenvalue weighted by molar-refractivity contribution is -0.327.